The monoisotopic (exact) mass is 348 g/mol. The lowest BCUT2D eigenvalue weighted by atomic mass is 10.0. The van der Waals surface area contributed by atoms with Crippen LogP contribution < -0.4 is 16.0 Å². The summed E-state index contributed by atoms with van der Waals surface area (Å²) in [6.45, 7) is 2.59. The largest absolute Gasteiger partial charge is 0.493 e. The van der Waals surface area contributed by atoms with Gasteiger partial charge in [0, 0.05) is 28.5 Å². The Morgan fingerprint density at radius 2 is 1.73 bits per heavy atom. The third kappa shape index (κ3) is 2.88. The standard InChI is InChI=1S/C21H16O5/c1-2-9-24-14-7-8-15-16(12-20(22)25-19(15)11-14)17-10-13-5-3-4-6-18(13)26-21(17)23/h3-8,10-12H,2,9H2,1H3. The van der Waals surface area contributed by atoms with Crippen LogP contribution in [-0.4, -0.2) is 6.61 Å². The molecule has 0 atom stereocenters. The third-order valence-electron chi connectivity index (χ3n) is 4.12. The molecule has 2 aromatic heterocycles. The second kappa shape index (κ2) is 6.52. The molecule has 0 aliphatic carbocycles. The molecule has 0 saturated heterocycles. The molecule has 4 aromatic rings. The van der Waals surface area contributed by atoms with E-state index in [0.717, 1.165) is 11.8 Å². The van der Waals surface area contributed by atoms with Gasteiger partial charge in [-0.25, -0.2) is 9.59 Å². The van der Waals surface area contributed by atoms with E-state index in [1.165, 1.54) is 6.07 Å². The smallest absolute Gasteiger partial charge is 0.344 e. The van der Waals surface area contributed by atoms with Crippen molar-refractivity contribution in [1.82, 2.24) is 0 Å². The molecule has 2 aromatic carbocycles. The highest BCUT2D eigenvalue weighted by Crippen LogP contribution is 2.29. The molecule has 2 heterocycles. The number of benzene rings is 2. The van der Waals surface area contributed by atoms with Crippen LogP contribution in [0.4, 0.5) is 0 Å². The Balaban J connectivity index is 1.95. The lowest BCUT2D eigenvalue weighted by molar-refractivity contribution is 0.317. The number of hydrogen-bond donors (Lipinski definition) is 0. The van der Waals surface area contributed by atoms with E-state index >= 15 is 0 Å². The van der Waals surface area contributed by atoms with Crippen molar-refractivity contribution in [1.29, 1.82) is 0 Å². The fourth-order valence-corrected chi connectivity index (χ4v) is 2.93. The summed E-state index contributed by atoms with van der Waals surface area (Å²) in [5.41, 5.74) is 0.647. The molecule has 5 nitrogen and oxygen atoms in total. The molecular weight excluding hydrogens is 332 g/mol. The topological polar surface area (TPSA) is 69.7 Å². The summed E-state index contributed by atoms with van der Waals surface area (Å²) in [6.07, 6.45) is 0.875. The zero-order valence-corrected chi connectivity index (χ0v) is 14.2. The first-order valence-electron chi connectivity index (χ1n) is 8.39. The van der Waals surface area contributed by atoms with E-state index in [0.29, 0.717) is 40.0 Å². The van der Waals surface area contributed by atoms with Gasteiger partial charge >= 0.3 is 11.3 Å². The summed E-state index contributed by atoms with van der Waals surface area (Å²) < 4.78 is 16.3. The fourth-order valence-electron chi connectivity index (χ4n) is 2.93. The highest BCUT2D eigenvalue weighted by molar-refractivity contribution is 5.95. The average Bonchev–Trinajstić information content (AvgIpc) is 2.64. The molecule has 0 aliphatic heterocycles. The first kappa shape index (κ1) is 16.1. The van der Waals surface area contributed by atoms with Crippen LogP contribution in [0.1, 0.15) is 13.3 Å². The van der Waals surface area contributed by atoms with Gasteiger partial charge in [0.05, 0.1) is 12.2 Å². The zero-order valence-electron chi connectivity index (χ0n) is 14.2. The summed E-state index contributed by atoms with van der Waals surface area (Å²) in [4.78, 5) is 24.5. The molecule has 130 valence electrons. The van der Waals surface area contributed by atoms with Crippen molar-refractivity contribution in [2.75, 3.05) is 6.61 Å². The first-order chi connectivity index (χ1) is 12.7. The lowest BCUT2D eigenvalue weighted by Gasteiger charge is -2.08. The highest BCUT2D eigenvalue weighted by atomic mass is 16.5. The predicted molar refractivity (Wildman–Crippen MR) is 99.7 cm³/mol. The van der Waals surface area contributed by atoms with Gasteiger partial charge in [-0.2, -0.15) is 0 Å². The van der Waals surface area contributed by atoms with Crippen LogP contribution in [0.3, 0.4) is 0 Å². The minimum Gasteiger partial charge on any atom is -0.493 e. The summed E-state index contributed by atoms with van der Waals surface area (Å²) in [5, 5.41) is 1.43. The van der Waals surface area contributed by atoms with Gasteiger partial charge in [-0.05, 0) is 30.7 Å². The third-order valence-corrected chi connectivity index (χ3v) is 4.12. The van der Waals surface area contributed by atoms with Gasteiger partial charge in [0.25, 0.3) is 0 Å². The van der Waals surface area contributed by atoms with Gasteiger partial charge in [-0.1, -0.05) is 25.1 Å². The Labute approximate surface area is 148 Å². The normalized spacial score (nSPS) is 11.1. The van der Waals surface area contributed by atoms with Gasteiger partial charge in [-0.15, -0.1) is 0 Å². The van der Waals surface area contributed by atoms with E-state index < -0.39 is 11.3 Å². The minimum atomic E-state index is -0.535. The molecule has 0 amide bonds. The van der Waals surface area contributed by atoms with Crippen LogP contribution in [0.5, 0.6) is 5.75 Å². The van der Waals surface area contributed by atoms with E-state index in [9.17, 15) is 9.59 Å². The minimum absolute atomic E-state index is 0.323. The molecule has 0 spiro atoms. The van der Waals surface area contributed by atoms with Gasteiger partial charge in [-0.3, -0.25) is 0 Å². The van der Waals surface area contributed by atoms with Crippen molar-refractivity contribution < 1.29 is 13.6 Å². The van der Waals surface area contributed by atoms with Crippen molar-refractivity contribution in [3.8, 4) is 16.9 Å². The molecule has 0 saturated carbocycles. The zero-order chi connectivity index (χ0) is 18.1. The van der Waals surface area contributed by atoms with Gasteiger partial charge in [0.15, 0.2) is 0 Å². The van der Waals surface area contributed by atoms with Crippen LogP contribution in [-0.2, 0) is 0 Å². The number of hydrogen-bond acceptors (Lipinski definition) is 5. The van der Waals surface area contributed by atoms with Crippen LogP contribution in [0.25, 0.3) is 33.1 Å². The summed E-state index contributed by atoms with van der Waals surface area (Å²) >= 11 is 0. The number of para-hydroxylation sites is 1. The van der Waals surface area contributed by atoms with E-state index in [4.69, 9.17) is 13.6 Å². The van der Waals surface area contributed by atoms with Crippen molar-refractivity contribution in [3.05, 3.63) is 75.4 Å². The van der Waals surface area contributed by atoms with Crippen LogP contribution >= 0.6 is 0 Å². The fraction of sp³-hybridized carbons (Fsp3) is 0.143. The molecule has 0 bridgehead atoms. The quantitative estimate of drug-likeness (QED) is 0.513. The summed E-state index contributed by atoms with van der Waals surface area (Å²) in [6, 6.07) is 15.5. The maximum Gasteiger partial charge on any atom is 0.344 e. The molecule has 26 heavy (non-hydrogen) atoms. The molecule has 0 radical (unpaired) electrons. The summed E-state index contributed by atoms with van der Waals surface area (Å²) in [5.74, 6) is 0.616. The van der Waals surface area contributed by atoms with Crippen LogP contribution in [0.15, 0.2) is 73.0 Å². The molecule has 5 heteroatoms. The molecule has 4 rings (SSSR count). The maximum atomic E-state index is 12.5. The van der Waals surface area contributed by atoms with E-state index in [-0.39, 0.29) is 0 Å². The first-order valence-corrected chi connectivity index (χ1v) is 8.39. The van der Waals surface area contributed by atoms with Gasteiger partial charge in [0.1, 0.15) is 16.9 Å². The van der Waals surface area contributed by atoms with E-state index in [2.05, 4.69) is 0 Å². The van der Waals surface area contributed by atoms with Gasteiger partial charge < -0.3 is 13.6 Å². The van der Waals surface area contributed by atoms with Gasteiger partial charge in [0.2, 0.25) is 0 Å². The average molecular weight is 348 g/mol. The van der Waals surface area contributed by atoms with Crippen molar-refractivity contribution in [2.45, 2.75) is 13.3 Å². The van der Waals surface area contributed by atoms with Crippen LogP contribution in [0.2, 0.25) is 0 Å². The van der Waals surface area contributed by atoms with Crippen molar-refractivity contribution in [3.63, 3.8) is 0 Å². The Hall–Kier alpha value is -3.34. The number of fused-ring (bicyclic) bond motifs is 2. The van der Waals surface area contributed by atoms with E-state index in [1.54, 1.807) is 36.4 Å². The predicted octanol–water partition coefficient (Wildman–Crippen LogP) is 4.36. The van der Waals surface area contributed by atoms with E-state index in [1.807, 2.05) is 19.1 Å². The molecule has 0 unspecified atom stereocenters. The second-order valence-corrected chi connectivity index (χ2v) is 5.97. The van der Waals surface area contributed by atoms with Crippen LogP contribution in [0, 0.1) is 0 Å². The van der Waals surface area contributed by atoms with Crippen molar-refractivity contribution in [2.24, 2.45) is 0 Å². The molecule has 0 aliphatic rings. The number of rotatable bonds is 4. The Morgan fingerprint density at radius 1 is 0.885 bits per heavy atom. The lowest BCUT2D eigenvalue weighted by Crippen LogP contribution is -2.06. The Kier molecular flexibility index (Phi) is 4.05. The Morgan fingerprint density at radius 3 is 2.58 bits per heavy atom. The van der Waals surface area contributed by atoms with Crippen molar-refractivity contribution >= 4 is 21.9 Å². The molecule has 0 N–H and O–H groups in total. The second-order valence-electron chi connectivity index (χ2n) is 5.97. The highest BCUT2D eigenvalue weighted by Gasteiger charge is 2.14. The summed E-state index contributed by atoms with van der Waals surface area (Å²) in [7, 11) is 0. The number of ether oxygens (including phenoxy) is 1. The maximum absolute atomic E-state index is 12.5. The molecular formula is C21H16O5. The Bertz CT molecular complexity index is 1220. The SMILES string of the molecule is CCCOc1ccc2c(-c3cc4ccccc4oc3=O)cc(=O)oc2c1. The molecule has 0 fully saturated rings.